The van der Waals surface area contributed by atoms with E-state index in [0.29, 0.717) is 0 Å². The molecule has 0 saturated carbocycles. The largest absolute Gasteiger partial charge is 0.508 e. The highest BCUT2D eigenvalue weighted by atomic mass is 16.4. The quantitative estimate of drug-likeness (QED) is 0.577. The molecule has 0 radical (unpaired) electrons. The highest BCUT2D eigenvalue weighted by Crippen LogP contribution is 2.13. The number of carboxylic acid groups (broad SMARTS) is 1. The molecule has 82 valence electrons. The second kappa shape index (κ2) is 3.23. The lowest BCUT2D eigenvalue weighted by Gasteiger charge is -2.01. The van der Waals surface area contributed by atoms with Crippen LogP contribution in [-0.4, -0.2) is 25.9 Å². The number of rotatable bonds is 0. The molecule has 1 heterocycles. The van der Waals surface area contributed by atoms with Gasteiger partial charge >= 0.3 is 11.8 Å². The number of aromatic amines is 1. The molecule has 3 N–H and O–H groups in total. The summed E-state index contributed by atoms with van der Waals surface area (Å²) >= 11 is 0. The first-order chi connectivity index (χ1) is 7.50. The summed E-state index contributed by atoms with van der Waals surface area (Å²) in [7, 11) is 0. The van der Waals surface area contributed by atoms with Crippen LogP contribution in [-0.2, 0) is 0 Å². The molecule has 0 aliphatic rings. The van der Waals surface area contributed by atoms with Gasteiger partial charge in [-0.3, -0.25) is 4.79 Å². The number of nitrogens with one attached hydrogen (secondary N) is 1. The summed E-state index contributed by atoms with van der Waals surface area (Å²) in [5, 5.41) is 17.8. The summed E-state index contributed by atoms with van der Waals surface area (Å²) in [6.07, 6.45) is -1.65. The number of fused-ring (bicyclic) bond motifs is 1. The van der Waals surface area contributed by atoms with Crippen LogP contribution in [0.25, 0.3) is 10.9 Å². The van der Waals surface area contributed by atoms with Gasteiger partial charge in [0.05, 0.1) is 10.9 Å². The fourth-order valence-electron chi connectivity index (χ4n) is 1.38. The first-order valence-corrected chi connectivity index (χ1v) is 4.22. The van der Waals surface area contributed by atoms with E-state index in [2.05, 4.69) is 4.98 Å². The maximum absolute atomic E-state index is 11.6. The molecule has 16 heavy (non-hydrogen) atoms. The van der Waals surface area contributed by atoms with Crippen molar-refractivity contribution in [2.24, 2.45) is 0 Å². The fourth-order valence-corrected chi connectivity index (χ4v) is 1.38. The number of hydrogen-bond acceptors (Lipinski definition) is 4. The molecule has 2 rings (SSSR count). The average Bonchev–Trinajstić information content (AvgIpc) is 2.15. The van der Waals surface area contributed by atoms with Crippen molar-refractivity contribution in [3.05, 3.63) is 39.0 Å². The summed E-state index contributed by atoms with van der Waals surface area (Å²) < 4.78 is 0.0688. The van der Waals surface area contributed by atoms with Crippen LogP contribution >= 0.6 is 0 Å². The molecule has 7 nitrogen and oxygen atoms in total. The number of carbonyl (C=O) groups is 1. The highest BCUT2D eigenvalue weighted by molar-refractivity contribution is 5.81. The second-order valence-corrected chi connectivity index (χ2v) is 3.08. The number of phenols is 1. The summed E-state index contributed by atoms with van der Waals surface area (Å²) in [5.74, 6) is -0.129. The van der Waals surface area contributed by atoms with E-state index in [1.165, 1.54) is 18.2 Å². The molecule has 7 heteroatoms. The molecule has 0 saturated heterocycles. The van der Waals surface area contributed by atoms with Crippen molar-refractivity contribution in [1.82, 2.24) is 9.55 Å². The molecule has 2 aromatic rings. The predicted molar refractivity (Wildman–Crippen MR) is 53.9 cm³/mol. The molecule has 0 unspecified atom stereocenters. The van der Waals surface area contributed by atoms with Gasteiger partial charge in [-0.25, -0.2) is 9.59 Å². The van der Waals surface area contributed by atoms with E-state index >= 15 is 0 Å². The van der Waals surface area contributed by atoms with Crippen LogP contribution in [0.4, 0.5) is 4.79 Å². The number of phenolic OH excluding ortho intramolecular Hbond substituents is 1. The smallest absolute Gasteiger partial charge is 0.422 e. The molecule has 0 atom stereocenters. The van der Waals surface area contributed by atoms with Crippen LogP contribution < -0.4 is 11.2 Å². The molecule has 0 spiro atoms. The number of hydrogen-bond donors (Lipinski definition) is 3. The van der Waals surface area contributed by atoms with Crippen LogP contribution in [0.15, 0.2) is 27.8 Å². The van der Waals surface area contributed by atoms with Crippen LogP contribution in [0, 0.1) is 0 Å². The minimum Gasteiger partial charge on any atom is -0.508 e. The molecule has 1 aromatic carbocycles. The van der Waals surface area contributed by atoms with Gasteiger partial charge in [-0.2, -0.15) is 4.57 Å². The van der Waals surface area contributed by atoms with Gasteiger partial charge in [0.1, 0.15) is 5.75 Å². The van der Waals surface area contributed by atoms with Gasteiger partial charge in [0.15, 0.2) is 0 Å². The van der Waals surface area contributed by atoms with Crippen molar-refractivity contribution < 1.29 is 15.0 Å². The summed E-state index contributed by atoms with van der Waals surface area (Å²) in [5.41, 5.74) is -1.91. The van der Waals surface area contributed by atoms with Crippen molar-refractivity contribution in [3.63, 3.8) is 0 Å². The van der Waals surface area contributed by atoms with E-state index in [9.17, 15) is 14.4 Å². The van der Waals surface area contributed by atoms with Crippen LogP contribution in [0.3, 0.4) is 0 Å². The molecular formula is C9H6N2O5. The number of nitrogens with zero attached hydrogens (tertiary/aromatic N) is 1. The lowest BCUT2D eigenvalue weighted by atomic mass is 10.2. The van der Waals surface area contributed by atoms with E-state index in [4.69, 9.17) is 10.2 Å². The Morgan fingerprint density at radius 2 is 2.00 bits per heavy atom. The Morgan fingerprint density at radius 3 is 2.62 bits per heavy atom. The van der Waals surface area contributed by atoms with Crippen LogP contribution in [0.2, 0.25) is 0 Å². The molecule has 0 bridgehead atoms. The third-order valence-corrected chi connectivity index (χ3v) is 2.07. The Balaban J connectivity index is 3.01. The Hall–Kier alpha value is -2.57. The van der Waals surface area contributed by atoms with Crippen molar-refractivity contribution in [2.75, 3.05) is 0 Å². The average molecular weight is 222 g/mol. The molecule has 0 aliphatic heterocycles. The summed E-state index contributed by atoms with van der Waals surface area (Å²) in [6.45, 7) is 0. The van der Waals surface area contributed by atoms with E-state index in [1.54, 1.807) is 0 Å². The standard InChI is InChI=1S/C9H6N2O5/c12-4-1-2-5-6(3-4)10-8(14)11(7(5)13)9(15)16/h1-3,12H,(H,10,14)(H,15,16). The summed E-state index contributed by atoms with van der Waals surface area (Å²) in [4.78, 5) is 35.7. The van der Waals surface area contributed by atoms with Crippen molar-refractivity contribution >= 4 is 17.0 Å². The van der Waals surface area contributed by atoms with Crippen molar-refractivity contribution in [2.45, 2.75) is 0 Å². The van der Waals surface area contributed by atoms with Gasteiger partial charge in [0.25, 0.3) is 5.56 Å². The van der Waals surface area contributed by atoms with Crippen LogP contribution in [0.1, 0.15) is 0 Å². The molecule has 1 aromatic heterocycles. The van der Waals surface area contributed by atoms with E-state index in [0.717, 1.165) is 0 Å². The molecule has 0 fully saturated rings. The van der Waals surface area contributed by atoms with Gasteiger partial charge in [0, 0.05) is 6.07 Å². The molecule has 0 aliphatic carbocycles. The first-order valence-electron chi connectivity index (χ1n) is 4.22. The third kappa shape index (κ3) is 1.34. The van der Waals surface area contributed by atoms with E-state index in [1.807, 2.05) is 0 Å². The Kier molecular flexibility index (Phi) is 2.01. The number of benzene rings is 1. The fraction of sp³-hybridized carbons (Fsp3) is 0. The topological polar surface area (TPSA) is 112 Å². The minimum atomic E-state index is -1.65. The Morgan fingerprint density at radius 1 is 1.31 bits per heavy atom. The highest BCUT2D eigenvalue weighted by Gasteiger charge is 2.12. The zero-order valence-corrected chi connectivity index (χ0v) is 7.80. The SMILES string of the molecule is O=C(O)n1c(=O)[nH]c2cc(O)ccc2c1=O. The number of aromatic nitrogens is 2. The van der Waals surface area contributed by atoms with Gasteiger partial charge in [-0.05, 0) is 12.1 Å². The van der Waals surface area contributed by atoms with Gasteiger partial charge in [-0.15, -0.1) is 0 Å². The number of H-pyrrole nitrogens is 1. The summed E-state index contributed by atoms with van der Waals surface area (Å²) in [6, 6.07) is 3.64. The second-order valence-electron chi connectivity index (χ2n) is 3.08. The van der Waals surface area contributed by atoms with Gasteiger partial charge < -0.3 is 15.2 Å². The maximum atomic E-state index is 11.6. The van der Waals surface area contributed by atoms with Gasteiger partial charge in [-0.1, -0.05) is 0 Å². The van der Waals surface area contributed by atoms with Gasteiger partial charge in [0.2, 0.25) is 0 Å². The Bertz CT molecular complexity index is 697. The predicted octanol–water partition coefficient (Wildman–Crippen LogP) is -0.0785. The van der Waals surface area contributed by atoms with Crippen molar-refractivity contribution in [3.8, 4) is 5.75 Å². The lowest BCUT2D eigenvalue weighted by Crippen LogP contribution is -2.39. The maximum Gasteiger partial charge on any atom is 0.422 e. The normalized spacial score (nSPS) is 10.5. The molecular weight excluding hydrogens is 216 g/mol. The van der Waals surface area contributed by atoms with Crippen molar-refractivity contribution in [1.29, 1.82) is 0 Å². The molecule has 0 amide bonds. The Labute approximate surface area is 87.2 Å². The van der Waals surface area contributed by atoms with E-state index in [-0.39, 0.29) is 21.2 Å². The zero-order valence-electron chi connectivity index (χ0n) is 7.80. The monoisotopic (exact) mass is 222 g/mol. The third-order valence-electron chi connectivity index (χ3n) is 2.07. The first kappa shape index (κ1) is 9.97. The zero-order chi connectivity index (χ0) is 11.9. The number of aromatic hydroxyl groups is 1. The lowest BCUT2D eigenvalue weighted by molar-refractivity contribution is 0.194. The van der Waals surface area contributed by atoms with E-state index < -0.39 is 17.3 Å². The minimum absolute atomic E-state index is 0.0137. The van der Waals surface area contributed by atoms with Crippen LogP contribution in [0.5, 0.6) is 5.75 Å².